The molecule has 1 saturated carbocycles. The van der Waals surface area contributed by atoms with Crippen LogP contribution in [0.25, 0.3) is 0 Å². The number of nitriles is 1. The van der Waals surface area contributed by atoms with Gasteiger partial charge >= 0.3 is 0 Å². The zero-order valence-corrected chi connectivity index (χ0v) is 10.2. The summed E-state index contributed by atoms with van der Waals surface area (Å²) in [5.41, 5.74) is 0.966. The monoisotopic (exact) mass is 230 g/mol. The van der Waals surface area contributed by atoms with Crippen molar-refractivity contribution in [2.75, 3.05) is 11.9 Å². The van der Waals surface area contributed by atoms with E-state index in [1.165, 1.54) is 32.1 Å². The molecule has 17 heavy (non-hydrogen) atoms. The van der Waals surface area contributed by atoms with Gasteiger partial charge in [0.15, 0.2) is 5.82 Å². The van der Waals surface area contributed by atoms with E-state index in [1.807, 2.05) is 0 Å². The molecule has 0 bridgehead atoms. The van der Waals surface area contributed by atoms with E-state index in [1.54, 1.807) is 12.3 Å². The van der Waals surface area contributed by atoms with Crippen molar-refractivity contribution in [1.82, 2.24) is 10.2 Å². The zero-order chi connectivity index (χ0) is 12.1. The van der Waals surface area contributed by atoms with Crippen molar-refractivity contribution in [3.63, 3.8) is 0 Å². The van der Waals surface area contributed by atoms with Gasteiger partial charge in [0.05, 0.1) is 11.8 Å². The largest absolute Gasteiger partial charge is 0.367 e. The summed E-state index contributed by atoms with van der Waals surface area (Å²) < 4.78 is 0. The Morgan fingerprint density at radius 1 is 1.47 bits per heavy atom. The normalized spacial score (nSPS) is 17.6. The van der Waals surface area contributed by atoms with Crippen molar-refractivity contribution < 1.29 is 0 Å². The minimum absolute atomic E-state index is 0.393. The highest BCUT2D eigenvalue weighted by atomic mass is 15.2. The molecule has 1 aromatic rings. The summed E-state index contributed by atoms with van der Waals surface area (Å²) in [4.78, 5) is 0. The van der Waals surface area contributed by atoms with Gasteiger partial charge in [-0.15, -0.1) is 5.10 Å². The number of anilines is 1. The lowest BCUT2D eigenvalue weighted by atomic mass is 9.83. The molecule has 1 fully saturated rings. The molecule has 0 aliphatic heterocycles. The molecule has 90 valence electrons. The van der Waals surface area contributed by atoms with Crippen LogP contribution >= 0.6 is 0 Å². The van der Waals surface area contributed by atoms with Gasteiger partial charge in [-0.25, -0.2) is 0 Å². The predicted molar refractivity (Wildman–Crippen MR) is 66.4 cm³/mol. The SMILES string of the molecule is CCC1(CNc2nnccc2C#N)CCCC1. The van der Waals surface area contributed by atoms with Gasteiger partial charge in [-0.05, 0) is 30.7 Å². The van der Waals surface area contributed by atoms with E-state index in [-0.39, 0.29) is 0 Å². The summed E-state index contributed by atoms with van der Waals surface area (Å²) in [5.74, 6) is 0.620. The molecule has 1 heterocycles. The Labute approximate surface area is 102 Å². The fourth-order valence-corrected chi connectivity index (χ4v) is 2.60. The number of nitrogens with zero attached hydrogens (tertiary/aromatic N) is 3. The molecule has 0 saturated heterocycles. The van der Waals surface area contributed by atoms with Crippen molar-refractivity contribution in [1.29, 1.82) is 5.26 Å². The van der Waals surface area contributed by atoms with Gasteiger partial charge < -0.3 is 5.32 Å². The van der Waals surface area contributed by atoms with E-state index in [0.717, 1.165) is 6.54 Å². The lowest BCUT2D eigenvalue weighted by Gasteiger charge is -2.27. The maximum Gasteiger partial charge on any atom is 0.166 e. The van der Waals surface area contributed by atoms with Crippen LogP contribution in [-0.2, 0) is 0 Å². The fourth-order valence-electron chi connectivity index (χ4n) is 2.60. The molecule has 4 nitrogen and oxygen atoms in total. The van der Waals surface area contributed by atoms with E-state index in [2.05, 4.69) is 28.5 Å². The molecule has 0 atom stereocenters. The van der Waals surface area contributed by atoms with Gasteiger partial charge in [-0.2, -0.15) is 10.4 Å². The van der Waals surface area contributed by atoms with Gasteiger partial charge in [-0.1, -0.05) is 19.8 Å². The van der Waals surface area contributed by atoms with E-state index in [4.69, 9.17) is 5.26 Å². The quantitative estimate of drug-likeness (QED) is 0.863. The first-order chi connectivity index (χ1) is 8.29. The lowest BCUT2D eigenvalue weighted by Crippen LogP contribution is -2.26. The Balaban J connectivity index is 2.04. The molecule has 4 heteroatoms. The topological polar surface area (TPSA) is 61.6 Å². The third-order valence-corrected chi connectivity index (χ3v) is 3.89. The number of rotatable bonds is 4. The molecule has 0 aromatic carbocycles. The van der Waals surface area contributed by atoms with Crippen molar-refractivity contribution >= 4 is 5.82 Å². The van der Waals surface area contributed by atoms with Crippen LogP contribution in [0.4, 0.5) is 5.82 Å². The molecule has 1 N–H and O–H groups in total. The van der Waals surface area contributed by atoms with Crippen LogP contribution in [0.5, 0.6) is 0 Å². The van der Waals surface area contributed by atoms with Crippen LogP contribution in [0, 0.1) is 16.7 Å². The molecule has 1 aromatic heterocycles. The average molecular weight is 230 g/mol. The molecule has 0 spiro atoms. The summed E-state index contributed by atoms with van der Waals surface area (Å²) in [7, 11) is 0. The van der Waals surface area contributed by atoms with Crippen LogP contribution in [0.2, 0.25) is 0 Å². The molecule has 0 radical (unpaired) electrons. The summed E-state index contributed by atoms with van der Waals surface area (Å²) in [6.45, 7) is 3.14. The maximum absolute atomic E-state index is 8.97. The highest BCUT2D eigenvalue weighted by Crippen LogP contribution is 2.40. The van der Waals surface area contributed by atoms with E-state index in [9.17, 15) is 0 Å². The molecule has 0 amide bonds. The maximum atomic E-state index is 8.97. The lowest BCUT2D eigenvalue weighted by molar-refractivity contribution is 0.306. The summed E-state index contributed by atoms with van der Waals surface area (Å²) >= 11 is 0. The Kier molecular flexibility index (Phi) is 3.58. The average Bonchev–Trinajstić information content (AvgIpc) is 2.86. The second kappa shape index (κ2) is 5.13. The van der Waals surface area contributed by atoms with Crippen molar-refractivity contribution in [2.24, 2.45) is 5.41 Å². The van der Waals surface area contributed by atoms with Crippen molar-refractivity contribution in [3.05, 3.63) is 17.8 Å². The third-order valence-electron chi connectivity index (χ3n) is 3.89. The second-order valence-electron chi connectivity index (χ2n) is 4.82. The number of hydrogen-bond acceptors (Lipinski definition) is 4. The Bertz CT molecular complexity index is 416. The molecular formula is C13H18N4. The number of hydrogen-bond donors (Lipinski definition) is 1. The molecule has 1 aliphatic rings. The van der Waals surface area contributed by atoms with E-state index in [0.29, 0.717) is 16.8 Å². The van der Waals surface area contributed by atoms with Gasteiger partial charge in [0, 0.05) is 6.54 Å². The second-order valence-corrected chi connectivity index (χ2v) is 4.82. The van der Waals surface area contributed by atoms with Crippen LogP contribution in [-0.4, -0.2) is 16.7 Å². The van der Waals surface area contributed by atoms with E-state index < -0.39 is 0 Å². The first-order valence-corrected chi connectivity index (χ1v) is 6.25. The van der Waals surface area contributed by atoms with Gasteiger partial charge in [0.2, 0.25) is 0 Å². The first kappa shape index (κ1) is 11.8. The van der Waals surface area contributed by atoms with E-state index >= 15 is 0 Å². The zero-order valence-electron chi connectivity index (χ0n) is 10.2. The summed E-state index contributed by atoms with van der Waals surface area (Å²) in [6, 6.07) is 3.83. The third kappa shape index (κ3) is 2.55. The standard InChI is InChI=1S/C13H18N4/c1-2-13(6-3-4-7-13)10-15-12-11(9-14)5-8-16-17-12/h5,8H,2-4,6-7,10H2,1H3,(H,15,17). The van der Waals surface area contributed by atoms with Crippen molar-refractivity contribution in [3.8, 4) is 6.07 Å². The number of aromatic nitrogens is 2. The molecule has 1 aliphatic carbocycles. The van der Waals surface area contributed by atoms with Crippen molar-refractivity contribution in [2.45, 2.75) is 39.0 Å². The molecule has 0 unspecified atom stereocenters. The highest BCUT2D eigenvalue weighted by molar-refractivity contribution is 5.50. The Morgan fingerprint density at radius 3 is 2.88 bits per heavy atom. The minimum atomic E-state index is 0.393. The summed E-state index contributed by atoms with van der Waals surface area (Å²) in [6.07, 6.45) is 7.93. The Hall–Kier alpha value is -1.63. The number of nitrogens with one attached hydrogen (secondary N) is 1. The highest BCUT2D eigenvalue weighted by Gasteiger charge is 2.31. The van der Waals surface area contributed by atoms with Crippen LogP contribution in [0.3, 0.4) is 0 Å². The fraction of sp³-hybridized carbons (Fsp3) is 0.615. The molecule has 2 rings (SSSR count). The summed E-state index contributed by atoms with van der Waals surface area (Å²) in [5, 5.41) is 20.1. The Morgan fingerprint density at radius 2 is 2.24 bits per heavy atom. The smallest absolute Gasteiger partial charge is 0.166 e. The van der Waals surface area contributed by atoms with Crippen LogP contribution in [0.15, 0.2) is 12.3 Å². The first-order valence-electron chi connectivity index (χ1n) is 6.25. The minimum Gasteiger partial charge on any atom is -0.367 e. The van der Waals surface area contributed by atoms with Gasteiger partial charge in [0.25, 0.3) is 0 Å². The van der Waals surface area contributed by atoms with Crippen LogP contribution < -0.4 is 5.32 Å². The van der Waals surface area contributed by atoms with Gasteiger partial charge in [0.1, 0.15) is 6.07 Å². The van der Waals surface area contributed by atoms with Gasteiger partial charge in [-0.3, -0.25) is 0 Å². The van der Waals surface area contributed by atoms with Crippen LogP contribution in [0.1, 0.15) is 44.6 Å². The predicted octanol–water partition coefficient (Wildman–Crippen LogP) is 2.73. The molecular weight excluding hydrogens is 212 g/mol.